The Morgan fingerprint density at radius 1 is 1.17 bits per heavy atom. The van der Waals surface area contributed by atoms with E-state index in [1.165, 1.54) is 19.2 Å². The molecule has 1 amide bonds. The van der Waals surface area contributed by atoms with Crippen LogP contribution in [0.3, 0.4) is 0 Å². The molecule has 0 aromatic heterocycles. The van der Waals surface area contributed by atoms with Crippen LogP contribution in [0, 0.1) is 5.82 Å². The molecular weight excluding hydrogens is 387 g/mol. The standard InChI is InChI=1S/C15H14BrFN2O3S/c1-19(23(21,22)14-9-5-3-7-12(14)17)10-15(20)18-13-8-4-2-6-11(13)16/h2-9H,10H2,1H3,(H,18,20). The van der Waals surface area contributed by atoms with E-state index in [1.807, 2.05) is 0 Å². The van der Waals surface area contributed by atoms with Crippen molar-refractivity contribution in [3.05, 3.63) is 58.8 Å². The minimum atomic E-state index is -4.08. The van der Waals surface area contributed by atoms with Crippen molar-refractivity contribution in [2.75, 3.05) is 18.9 Å². The molecule has 0 saturated heterocycles. The quantitative estimate of drug-likeness (QED) is 0.838. The first-order valence-electron chi connectivity index (χ1n) is 6.57. The zero-order chi connectivity index (χ0) is 17.0. The molecule has 0 radical (unpaired) electrons. The second-order valence-electron chi connectivity index (χ2n) is 4.72. The maximum atomic E-state index is 13.7. The van der Waals surface area contributed by atoms with Crippen LogP contribution in [0.2, 0.25) is 0 Å². The number of carbonyl (C=O) groups is 1. The van der Waals surface area contributed by atoms with Crippen molar-refractivity contribution in [1.29, 1.82) is 0 Å². The smallest absolute Gasteiger partial charge is 0.246 e. The van der Waals surface area contributed by atoms with Crippen molar-refractivity contribution in [3.63, 3.8) is 0 Å². The fraction of sp³-hybridized carbons (Fsp3) is 0.133. The molecule has 0 saturated carbocycles. The van der Waals surface area contributed by atoms with Crippen LogP contribution < -0.4 is 5.32 Å². The lowest BCUT2D eigenvalue weighted by Crippen LogP contribution is -2.35. The van der Waals surface area contributed by atoms with Gasteiger partial charge in [0, 0.05) is 11.5 Å². The first-order valence-corrected chi connectivity index (χ1v) is 8.81. The Labute approximate surface area is 142 Å². The van der Waals surface area contributed by atoms with Crippen LogP contribution in [-0.4, -0.2) is 32.2 Å². The molecule has 0 aliphatic carbocycles. The van der Waals surface area contributed by atoms with Gasteiger partial charge in [-0.25, -0.2) is 12.8 Å². The van der Waals surface area contributed by atoms with E-state index in [0.717, 1.165) is 16.4 Å². The first kappa shape index (κ1) is 17.6. The number of halogens is 2. The molecule has 2 rings (SSSR count). The summed E-state index contributed by atoms with van der Waals surface area (Å²) >= 11 is 3.28. The van der Waals surface area contributed by atoms with E-state index >= 15 is 0 Å². The normalized spacial score (nSPS) is 11.5. The Bertz CT molecular complexity index is 827. The summed E-state index contributed by atoms with van der Waals surface area (Å²) in [7, 11) is -2.86. The van der Waals surface area contributed by atoms with Crippen LogP contribution in [0.4, 0.5) is 10.1 Å². The van der Waals surface area contributed by atoms with E-state index in [1.54, 1.807) is 24.3 Å². The van der Waals surface area contributed by atoms with E-state index in [9.17, 15) is 17.6 Å². The molecule has 0 aliphatic rings. The fourth-order valence-electron chi connectivity index (χ4n) is 1.86. The molecule has 8 heteroatoms. The van der Waals surface area contributed by atoms with Gasteiger partial charge >= 0.3 is 0 Å². The summed E-state index contributed by atoms with van der Waals surface area (Å²) in [5.41, 5.74) is 0.522. The molecule has 23 heavy (non-hydrogen) atoms. The Kier molecular flexibility index (Phi) is 5.51. The summed E-state index contributed by atoms with van der Waals surface area (Å²) in [6, 6.07) is 12.0. The fourth-order valence-corrected chi connectivity index (χ4v) is 3.43. The summed E-state index contributed by atoms with van der Waals surface area (Å²) in [5, 5.41) is 2.59. The number of sulfonamides is 1. The topological polar surface area (TPSA) is 66.5 Å². The van der Waals surface area contributed by atoms with Gasteiger partial charge in [-0.3, -0.25) is 4.79 Å². The van der Waals surface area contributed by atoms with E-state index in [0.29, 0.717) is 10.2 Å². The second-order valence-corrected chi connectivity index (χ2v) is 7.59. The average molecular weight is 401 g/mol. The Balaban J connectivity index is 2.12. The van der Waals surface area contributed by atoms with E-state index in [-0.39, 0.29) is 0 Å². The van der Waals surface area contributed by atoms with Gasteiger partial charge in [0.15, 0.2) is 0 Å². The highest BCUT2D eigenvalue weighted by atomic mass is 79.9. The summed E-state index contributed by atoms with van der Waals surface area (Å²) in [6.07, 6.45) is 0. The third kappa shape index (κ3) is 4.15. The lowest BCUT2D eigenvalue weighted by Gasteiger charge is -2.17. The number of nitrogens with one attached hydrogen (secondary N) is 1. The van der Waals surface area contributed by atoms with Crippen LogP contribution in [0.1, 0.15) is 0 Å². The maximum absolute atomic E-state index is 13.7. The Morgan fingerprint density at radius 3 is 2.43 bits per heavy atom. The minimum Gasteiger partial charge on any atom is -0.324 e. The van der Waals surface area contributed by atoms with Crippen LogP contribution >= 0.6 is 15.9 Å². The van der Waals surface area contributed by atoms with Crippen molar-refractivity contribution in [2.24, 2.45) is 0 Å². The number of anilines is 1. The molecule has 2 aromatic carbocycles. The monoisotopic (exact) mass is 400 g/mol. The highest BCUT2D eigenvalue weighted by Crippen LogP contribution is 2.21. The van der Waals surface area contributed by atoms with Crippen molar-refractivity contribution >= 4 is 37.5 Å². The number of nitrogens with zero attached hydrogens (tertiary/aromatic N) is 1. The molecule has 5 nitrogen and oxygen atoms in total. The third-order valence-electron chi connectivity index (χ3n) is 3.04. The number of rotatable bonds is 5. The van der Waals surface area contributed by atoms with E-state index in [4.69, 9.17) is 0 Å². The molecule has 122 valence electrons. The van der Waals surface area contributed by atoms with E-state index in [2.05, 4.69) is 21.2 Å². The molecule has 0 bridgehead atoms. The second kappa shape index (κ2) is 7.20. The summed E-state index contributed by atoms with van der Waals surface area (Å²) < 4.78 is 39.8. The van der Waals surface area contributed by atoms with Gasteiger partial charge < -0.3 is 5.32 Å². The number of hydrogen-bond acceptors (Lipinski definition) is 3. The average Bonchev–Trinajstić information content (AvgIpc) is 2.49. The lowest BCUT2D eigenvalue weighted by atomic mass is 10.3. The molecule has 2 aromatic rings. The van der Waals surface area contributed by atoms with Crippen LogP contribution in [-0.2, 0) is 14.8 Å². The molecular formula is C15H14BrFN2O3S. The molecule has 0 unspecified atom stereocenters. The molecule has 0 aliphatic heterocycles. The summed E-state index contributed by atoms with van der Waals surface area (Å²) in [5.74, 6) is -1.38. The van der Waals surface area contributed by atoms with Crippen molar-refractivity contribution in [3.8, 4) is 0 Å². The number of likely N-dealkylation sites (N-methyl/N-ethyl adjacent to an activating group) is 1. The molecule has 0 fully saturated rings. The predicted molar refractivity (Wildman–Crippen MR) is 89.0 cm³/mol. The summed E-state index contributed by atoms with van der Waals surface area (Å²) in [6.45, 7) is -0.433. The number of para-hydroxylation sites is 1. The SMILES string of the molecule is CN(CC(=O)Nc1ccccc1Br)S(=O)(=O)c1ccccc1F. The van der Waals surface area contributed by atoms with Gasteiger partial charge in [-0.15, -0.1) is 0 Å². The van der Waals surface area contributed by atoms with Gasteiger partial charge in [0.25, 0.3) is 0 Å². The molecule has 1 N–H and O–H groups in total. The third-order valence-corrected chi connectivity index (χ3v) is 5.57. The Hall–Kier alpha value is -1.77. The Morgan fingerprint density at radius 2 is 1.78 bits per heavy atom. The number of hydrogen-bond donors (Lipinski definition) is 1. The number of benzene rings is 2. The van der Waals surface area contributed by atoms with Crippen molar-refractivity contribution in [2.45, 2.75) is 4.90 Å². The lowest BCUT2D eigenvalue weighted by molar-refractivity contribution is -0.116. The van der Waals surface area contributed by atoms with Crippen molar-refractivity contribution in [1.82, 2.24) is 4.31 Å². The summed E-state index contributed by atoms with van der Waals surface area (Å²) in [4.78, 5) is 11.5. The highest BCUT2D eigenvalue weighted by Gasteiger charge is 2.25. The largest absolute Gasteiger partial charge is 0.324 e. The van der Waals surface area contributed by atoms with Gasteiger partial charge in [0.05, 0.1) is 12.2 Å². The number of amides is 1. The predicted octanol–water partition coefficient (Wildman–Crippen LogP) is 2.85. The van der Waals surface area contributed by atoms with Gasteiger partial charge in [0.1, 0.15) is 10.7 Å². The van der Waals surface area contributed by atoms with E-state index < -0.39 is 33.2 Å². The van der Waals surface area contributed by atoms with Crippen molar-refractivity contribution < 1.29 is 17.6 Å². The molecule has 0 spiro atoms. The zero-order valence-electron chi connectivity index (χ0n) is 12.2. The molecule has 0 heterocycles. The van der Waals surface area contributed by atoms with Crippen LogP contribution in [0.5, 0.6) is 0 Å². The van der Waals surface area contributed by atoms with Crippen LogP contribution in [0.25, 0.3) is 0 Å². The maximum Gasteiger partial charge on any atom is 0.246 e. The number of carbonyl (C=O) groups excluding carboxylic acids is 1. The van der Waals surface area contributed by atoms with Gasteiger partial charge in [-0.1, -0.05) is 24.3 Å². The van der Waals surface area contributed by atoms with Gasteiger partial charge in [0.2, 0.25) is 15.9 Å². The zero-order valence-corrected chi connectivity index (χ0v) is 14.6. The molecule has 0 atom stereocenters. The van der Waals surface area contributed by atoms with Gasteiger partial charge in [-0.2, -0.15) is 4.31 Å². The first-order chi connectivity index (χ1) is 10.8. The highest BCUT2D eigenvalue weighted by molar-refractivity contribution is 9.10. The van der Waals surface area contributed by atoms with Gasteiger partial charge in [-0.05, 0) is 40.2 Å². The van der Waals surface area contributed by atoms with Crippen LogP contribution in [0.15, 0.2) is 57.9 Å². The minimum absolute atomic E-state index is 0.433.